The summed E-state index contributed by atoms with van der Waals surface area (Å²) in [4.78, 5) is 23.0. The van der Waals surface area contributed by atoms with Crippen LogP contribution in [-0.4, -0.2) is 24.4 Å². The molecule has 2 amide bonds. The molecule has 2 unspecified atom stereocenters. The Kier molecular flexibility index (Phi) is 2.35. The number of nitrogens with one attached hydrogen (secondary N) is 2. The maximum Gasteiger partial charge on any atom is 0.228 e. The Morgan fingerprint density at radius 3 is 2.82 bits per heavy atom. The van der Waals surface area contributed by atoms with Crippen LogP contribution in [0.25, 0.3) is 0 Å². The predicted octanol–water partition coefficient (Wildman–Crippen LogP) is 0.331. The number of hydrogen-bond acceptors (Lipinski definition) is 2. The molecule has 0 spiro atoms. The molecule has 1 aromatic carbocycles. The topological polar surface area (TPSA) is 58.2 Å². The Labute approximate surface area is 99.4 Å². The third kappa shape index (κ3) is 1.79. The standard InChI is InChI=1S/C13H14N2O2/c16-12-6-9(7-14-12)15-13(17)11-5-8-3-1-2-4-10(8)11/h1-4,9,11H,5-7H2,(H,14,16)(H,15,17). The first-order valence-corrected chi connectivity index (χ1v) is 5.89. The molecule has 3 rings (SSSR count). The Balaban J connectivity index is 1.64. The van der Waals surface area contributed by atoms with E-state index in [1.54, 1.807) is 0 Å². The van der Waals surface area contributed by atoms with Crippen LogP contribution in [0.4, 0.5) is 0 Å². The van der Waals surface area contributed by atoms with Crippen LogP contribution >= 0.6 is 0 Å². The van der Waals surface area contributed by atoms with Gasteiger partial charge >= 0.3 is 0 Å². The quantitative estimate of drug-likeness (QED) is 0.769. The highest BCUT2D eigenvalue weighted by molar-refractivity contribution is 5.88. The van der Waals surface area contributed by atoms with E-state index in [4.69, 9.17) is 0 Å². The number of carbonyl (C=O) groups excluding carboxylic acids is 2. The van der Waals surface area contributed by atoms with Crippen molar-refractivity contribution in [1.29, 1.82) is 0 Å². The molecule has 0 aromatic heterocycles. The minimum absolute atomic E-state index is 0.0179. The lowest BCUT2D eigenvalue weighted by Gasteiger charge is -2.29. The number of carbonyl (C=O) groups is 2. The SMILES string of the molecule is O=C1CC(NC(=O)C2Cc3ccccc32)CN1. The highest BCUT2D eigenvalue weighted by Crippen LogP contribution is 2.34. The van der Waals surface area contributed by atoms with Crippen LogP contribution in [-0.2, 0) is 16.0 Å². The first-order chi connectivity index (χ1) is 8.24. The highest BCUT2D eigenvalue weighted by atomic mass is 16.2. The summed E-state index contributed by atoms with van der Waals surface area (Å²) in [7, 11) is 0. The van der Waals surface area contributed by atoms with Crippen LogP contribution in [0, 0.1) is 0 Å². The number of fused-ring (bicyclic) bond motifs is 1. The van der Waals surface area contributed by atoms with Crippen molar-refractivity contribution in [2.24, 2.45) is 0 Å². The first kappa shape index (κ1) is 10.3. The molecule has 1 aromatic rings. The Morgan fingerprint density at radius 2 is 2.12 bits per heavy atom. The first-order valence-electron chi connectivity index (χ1n) is 5.89. The molecule has 4 heteroatoms. The van der Waals surface area contributed by atoms with Crippen LogP contribution < -0.4 is 10.6 Å². The lowest BCUT2D eigenvalue weighted by atomic mass is 9.77. The van der Waals surface area contributed by atoms with Crippen molar-refractivity contribution in [3.05, 3.63) is 35.4 Å². The average Bonchev–Trinajstić information content (AvgIpc) is 2.66. The normalized spacial score (nSPS) is 25.8. The highest BCUT2D eigenvalue weighted by Gasteiger charge is 2.33. The van der Waals surface area contributed by atoms with Gasteiger partial charge in [0.15, 0.2) is 0 Å². The predicted molar refractivity (Wildman–Crippen MR) is 62.4 cm³/mol. The molecule has 17 heavy (non-hydrogen) atoms. The summed E-state index contributed by atoms with van der Waals surface area (Å²) in [5.74, 6) is 0.0383. The van der Waals surface area contributed by atoms with Crippen molar-refractivity contribution >= 4 is 11.8 Å². The fourth-order valence-electron chi connectivity index (χ4n) is 2.50. The fourth-order valence-corrected chi connectivity index (χ4v) is 2.50. The molecule has 0 saturated carbocycles. The molecule has 0 bridgehead atoms. The van der Waals surface area contributed by atoms with E-state index in [2.05, 4.69) is 16.7 Å². The van der Waals surface area contributed by atoms with Crippen molar-refractivity contribution in [1.82, 2.24) is 10.6 Å². The van der Waals surface area contributed by atoms with E-state index in [1.165, 1.54) is 5.56 Å². The van der Waals surface area contributed by atoms with Crippen LogP contribution in [0.1, 0.15) is 23.5 Å². The van der Waals surface area contributed by atoms with Gasteiger partial charge in [0.05, 0.1) is 12.0 Å². The molecule has 0 radical (unpaired) electrons. The zero-order valence-electron chi connectivity index (χ0n) is 9.40. The molecular weight excluding hydrogens is 216 g/mol. The molecule has 88 valence electrons. The molecule has 1 aliphatic carbocycles. The zero-order valence-corrected chi connectivity index (χ0v) is 9.40. The second-order valence-electron chi connectivity index (χ2n) is 4.67. The van der Waals surface area contributed by atoms with E-state index in [0.717, 1.165) is 12.0 Å². The molecule has 2 N–H and O–H groups in total. The lowest BCUT2D eigenvalue weighted by molar-refractivity contribution is -0.123. The van der Waals surface area contributed by atoms with Crippen LogP contribution in [0.2, 0.25) is 0 Å². The van der Waals surface area contributed by atoms with E-state index >= 15 is 0 Å². The van der Waals surface area contributed by atoms with Gasteiger partial charge in [0.25, 0.3) is 0 Å². The second kappa shape index (κ2) is 3.87. The number of benzene rings is 1. The largest absolute Gasteiger partial charge is 0.354 e. The van der Waals surface area contributed by atoms with Gasteiger partial charge in [0, 0.05) is 13.0 Å². The zero-order chi connectivity index (χ0) is 11.8. The number of rotatable bonds is 2. The van der Waals surface area contributed by atoms with Gasteiger partial charge in [-0.25, -0.2) is 0 Å². The smallest absolute Gasteiger partial charge is 0.228 e. The van der Waals surface area contributed by atoms with E-state index in [9.17, 15) is 9.59 Å². The summed E-state index contributed by atoms with van der Waals surface area (Å²) in [6, 6.07) is 7.97. The Bertz CT molecular complexity index is 484. The molecule has 4 nitrogen and oxygen atoms in total. The van der Waals surface area contributed by atoms with Crippen LogP contribution in [0.3, 0.4) is 0 Å². The van der Waals surface area contributed by atoms with Crippen molar-refractivity contribution in [3.63, 3.8) is 0 Å². The summed E-state index contributed by atoms with van der Waals surface area (Å²) in [5.41, 5.74) is 2.38. The van der Waals surface area contributed by atoms with Gasteiger partial charge in [-0.05, 0) is 17.5 Å². The monoisotopic (exact) mass is 230 g/mol. The molecule has 2 atom stereocenters. The van der Waals surface area contributed by atoms with Crippen LogP contribution in [0.5, 0.6) is 0 Å². The van der Waals surface area contributed by atoms with Gasteiger partial charge in [-0.1, -0.05) is 24.3 Å². The summed E-state index contributed by atoms with van der Waals surface area (Å²) in [6.45, 7) is 0.555. The molecule has 1 saturated heterocycles. The van der Waals surface area contributed by atoms with Gasteiger partial charge in [0.1, 0.15) is 0 Å². The molecule has 1 heterocycles. The maximum absolute atomic E-state index is 12.0. The summed E-state index contributed by atoms with van der Waals surface area (Å²) in [5, 5.41) is 5.65. The Morgan fingerprint density at radius 1 is 1.29 bits per heavy atom. The maximum atomic E-state index is 12.0. The third-order valence-corrected chi connectivity index (χ3v) is 3.49. The average molecular weight is 230 g/mol. The van der Waals surface area contributed by atoms with Gasteiger partial charge < -0.3 is 10.6 Å². The van der Waals surface area contributed by atoms with Gasteiger partial charge in [-0.15, -0.1) is 0 Å². The van der Waals surface area contributed by atoms with Gasteiger partial charge in [-0.3, -0.25) is 9.59 Å². The summed E-state index contributed by atoms with van der Waals surface area (Å²) >= 11 is 0. The van der Waals surface area contributed by atoms with E-state index < -0.39 is 0 Å². The second-order valence-corrected chi connectivity index (χ2v) is 4.67. The van der Waals surface area contributed by atoms with Crippen molar-refractivity contribution in [2.45, 2.75) is 24.8 Å². The van der Waals surface area contributed by atoms with E-state index in [1.807, 2.05) is 18.2 Å². The number of amides is 2. The lowest BCUT2D eigenvalue weighted by Crippen LogP contribution is -2.42. The molecular formula is C13H14N2O2. The van der Waals surface area contributed by atoms with E-state index in [-0.39, 0.29) is 23.8 Å². The van der Waals surface area contributed by atoms with Crippen molar-refractivity contribution in [3.8, 4) is 0 Å². The minimum Gasteiger partial charge on any atom is -0.354 e. The molecule has 1 aliphatic heterocycles. The number of hydrogen-bond donors (Lipinski definition) is 2. The van der Waals surface area contributed by atoms with Crippen LogP contribution in [0.15, 0.2) is 24.3 Å². The summed E-state index contributed by atoms with van der Waals surface area (Å²) in [6.07, 6.45) is 1.22. The summed E-state index contributed by atoms with van der Waals surface area (Å²) < 4.78 is 0. The minimum atomic E-state index is -0.0391. The van der Waals surface area contributed by atoms with E-state index in [0.29, 0.717) is 13.0 Å². The molecule has 2 aliphatic rings. The van der Waals surface area contributed by atoms with Gasteiger partial charge in [0.2, 0.25) is 11.8 Å². The fraction of sp³-hybridized carbons (Fsp3) is 0.385. The van der Waals surface area contributed by atoms with Crippen molar-refractivity contribution in [2.75, 3.05) is 6.54 Å². The van der Waals surface area contributed by atoms with Crippen molar-refractivity contribution < 1.29 is 9.59 Å². The third-order valence-electron chi connectivity index (χ3n) is 3.49. The molecule has 1 fully saturated rings. The Hall–Kier alpha value is -1.84. The van der Waals surface area contributed by atoms with Gasteiger partial charge in [-0.2, -0.15) is 0 Å².